The fourth-order valence-corrected chi connectivity index (χ4v) is 4.27. The minimum atomic E-state index is -0.192. The monoisotopic (exact) mass is 496 g/mol. The second kappa shape index (κ2) is 11.0. The van der Waals surface area contributed by atoms with Gasteiger partial charge in [0.25, 0.3) is 5.91 Å². The van der Waals surface area contributed by atoms with E-state index in [0.29, 0.717) is 46.2 Å². The Morgan fingerprint density at radius 2 is 1.97 bits per heavy atom. The van der Waals surface area contributed by atoms with Crippen molar-refractivity contribution in [2.75, 3.05) is 7.05 Å². The summed E-state index contributed by atoms with van der Waals surface area (Å²) in [7, 11) is 1.67. The molecular formula is C28H25ClN6O. The first-order valence-corrected chi connectivity index (χ1v) is 11.9. The number of amides is 1. The van der Waals surface area contributed by atoms with Gasteiger partial charge in [-0.1, -0.05) is 36.7 Å². The summed E-state index contributed by atoms with van der Waals surface area (Å²) in [6, 6.07) is 17.1. The highest BCUT2D eigenvalue weighted by Gasteiger charge is 2.11. The number of carbonyl (C=O) groups excluding carboxylic acids is 1. The standard InChI is InChI=1S/C28H25ClN6O/c1-3-19-8-17(4-5-25(19)27(31)32-2)15-35-28(36)20-6-7-33-24(13-20)11-18-9-21-12-23(29)16-34-26(21)22(10-18)14-30/h4-10,12-13,16H,3,11,15H2,1-2H3,(H2,31,32)(H,35,36). The predicted octanol–water partition coefficient (Wildman–Crippen LogP) is 4.57. The van der Waals surface area contributed by atoms with E-state index in [1.54, 1.807) is 37.5 Å². The topological polar surface area (TPSA) is 117 Å². The summed E-state index contributed by atoms with van der Waals surface area (Å²) in [6.07, 6.45) is 4.41. The molecule has 8 heteroatoms. The quantitative estimate of drug-likeness (QED) is 0.287. The van der Waals surface area contributed by atoms with Gasteiger partial charge in [-0.15, -0.1) is 0 Å². The lowest BCUT2D eigenvalue weighted by Crippen LogP contribution is -2.23. The molecule has 4 aromatic rings. The lowest BCUT2D eigenvalue weighted by molar-refractivity contribution is 0.0950. The van der Waals surface area contributed by atoms with Crippen LogP contribution in [-0.4, -0.2) is 28.8 Å². The molecule has 0 radical (unpaired) electrons. The number of nitrogens with two attached hydrogens (primary N) is 1. The van der Waals surface area contributed by atoms with E-state index in [-0.39, 0.29) is 5.91 Å². The Labute approximate surface area is 214 Å². The van der Waals surface area contributed by atoms with Gasteiger partial charge in [-0.05, 0) is 53.4 Å². The highest BCUT2D eigenvalue weighted by molar-refractivity contribution is 6.31. The summed E-state index contributed by atoms with van der Waals surface area (Å²) in [4.78, 5) is 25.6. The normalized spacial score (nSPS) is 11.3. The molecule has 0 atom stereocenters. The van der Waals surface area contributed by atoms with E-state index in [9.17, 15) is 10.1 Å². The molecule has 0 fully saturated rings. The molecular weight excluding hydrogens is 472 g/mol. The molecule has 0 spiro atoms. The van der Waals surface area contributed by atoms with E-state index in [1.165, 1.54) is 6.20 Å². The van der Waals surface area contributed by atoms with Crippen molar-refractivity contribution in [3.8, 4) is 6.07 Å². The maximum Gasteiger partial charge on any atom is 0.251 e. The molecule has 1 amide bonds. The molecule has 7 nitrogen and oxygen atoms in total. The Kier molecular flexibility index (Phi) is 7.57. The summed E-state index contributed by atoms with van der Waals surface area (Å²) >= 11 is 6.09. The van der Waals surface area contributed by atoms with Crippen LogP contribution >= 0.6 is 11.6 Å². The molecule has 2 heterocycles. The number of halogens is 1. The fourth-order valence-electron chi connectivity index (χ4n) is 4.10. The van der Waals surface area contributed by atoms with Gasteiger partial charge in [-0.2, -0.15) is 5.26 Å². The number of aromatic nitrogens is 2. The number of nitriles is 1. The molecule has 0 aliphatic carbocycles. The lowest BCUT2D eigenvalue weighted by Gasteiger charge is -2.11. The van der Waals surface area contributed by atoms with E-state index in [0.717, 1.165) is 34.1 Å². The first kappa shape index (κ1) is 24.8. The van der Waals surface area contributed by atoms with E-state index in [2.05, 4.69) is 33.3 Å². The van der Waals surface area contributed by atoms with Crippen molar-refractivity contribution in [2.45, 2.75) is 26.3 Å². The zero-order valence-electron chi connectivity index (χ0n) is 20.0. The number of carbonyl (C=O) groups is 1. The zero-order chi connectivity index (χ0) is 25.7. The third-order valence-electron chi connectivity index (χ3n) is 5.91. The Balaban J connectivity index is 1.49. The molecule has 4 rings (SSSR count). The number of aryl methyl sites for hydroxylation is 1. The number of pyridine rings is 2. The van der Waals surface area contributed by atoms with E-state index < -0.39 is 0 Å². The smallest absolute Gasteiger partial charge is 0.251 e. The van der Waals surface area contributed by atoms with Crippen LogP contribution in [0.4, 0.5) is 0 Å². The molecule has 0 bridgehead atoms. The summed E-state index contributed by atoms with van der Waals surface area (Å²) < 4.78 is 0. The molecule has 2 aromatic carbocycles. The summed E-state index contributed by atoms with van der Waals surface area (Å²) in [6.45, 7) is 2.44. The van der Waals surface area contributed by atoms with Crippen LogP contribution in [0.2, 0.25) is 5.02 Å². The largest absolute Gasteiger partial charge is 0.384 e. The van der Waals surface area contributed by atoms with Gasteiger partial charge in [-0.3, -0.25) is 19.8 Å². The maximum absolute atomic E-state index is 12.9. The summed E-state index contributed by atoms with van der Waals surface area (Å²) in [5, 5.41) is 13.8. The van der Waals surface area contributed by atoms with Gasteiger partial charge in [0, 0.05) is 54.6 Å². The van der Waals surface area contributed by atoms with Gasteiger partial charge in [0.05, 0.1) is 16.1 Å². The third kappa shape index (κ3) is 5.51. The van der Waals surface area contributed by atoms with Crippen molar-refractivity contribution in [2.24, 2.45) is 10.7 Å². The molecule has 0 aliphatic rings. The van der Waals surface area contributed by atoms with Gasteiger partial charge in [0.1, 0.15) is 11.9 Å². The Morgan fingerprint density at radius 1 is 1.14 bits per heavy atom. The minimum Gasteiger partial charge on any atom is -0.384 e. The van der Waals surface area contributed by atoms with Gasteiger partial charge in [-0.25, -0.2) is 0 Å². The average molecular weight is 497 g/mol. The number of hydrogen-bond donors (Lipinski definition) is 2. The van der Waals surface area contributed by atoms with Gasteiger partial charge in [0.2, 0.25) is 0 Å². The third-order valence-corrected chi connectivity index (χ3v) is 6.12. The van der Waals surface area contributed by atoms with Crippen LogP contribution in [0.3, 0.4) is 0 Å². The van der Waals surface area contributed by atoms with Crippen molar-refractivity contribution < 1.29 is 4.79 Å². The van der Waals surface area contributed by atoms with Gasteiger partial charge < -0.3 is 11.1 Å². The molecule has 3 N–H and O–H groups in total. The van der Waals surface area contributed by atoms with Crippen molar-refractivity contribution in [1.82, 2.24) is 15.3 Å². The number of rotatable bonds is 7. The van der Waals surface area contributed by atoms with Gasteiger partial charge in [0.15, 0.2) is 0 Å². The van der Waals surface area contributed by atoms with Crippen LogP contribution in [0.15, 0.2) is 65.9 Å². The molecule has 0 saturated carbocycles. The summed E-state index contributed by atoms with van der Waals surface area (Å²) in [5.41, 5.74) is 12.2. The van der Waals surface area contributed by atoms with Crippen LogP contribution in [0, 0.1) is 11.3 Å². The van der Waals surface area contributed by atoms with E-state index in [4.69, 9.17) is 17.3 Å². The first-order valence-electron chi connectivity index (χ1n) is 11.5. The molecule has 0 aliphatic heterocycles. The second-order valence-electron chi connectivity index (χ2n) is 8.33. The van der Waals surface area contributed by atoms with Crippen molar-refractivity contribution >= 4 is 34.2 Å². The zero-order valence-corrected chi connectivity index (χ0v) is 20.8. The average Bonchev–Trinajstić information content (AvgIpc) is 2.90. The highest BCUT2D eigenvalue weighted by Crippen LogP contribution is 2.23. The van der Waals surface area contributed by atoms with Crippen LogP contribution in [0.1, 0.15) is 50.8 Å². The number of fused-ring (bicyclic) bond motifs is 1. The fraction of sp³-hybridized carbons (Fsp3) is 0.179. The number of nitrogens with zero attached hydrogens (tertiary/aromatic N) is 4. The van der Waals surface area contributed by atoms with Crippen molar-refractivity contribution in [3.63, 3.8) is 0 Å². The molecule has 2 aromatic heterocycles. The number of amidine groups is 1. The van der Waals surface area contributed by atoms with Crippen LogP contribution in [-0.2, 0) is 19.4 Å². The van der Waals surface area contributed by atoms with Crippen LogP contribution < -0.4 is 11.1 Å². The van der Waals surface area contributed by atoms with Crippen LogP contribution in [0.25, 0.3) is 10.9 Å². The molecule has 36 heavy (non-hydrogen) atoms. The number of aliphatic imine (C=N–C) groups is 1. The van der Waals surface area contributed by atoms with Gasteiger partial charge >= 0.3 is 0 Å². The van der Waals surface area contributed by atoms with Crippen LogP contribution in [0.5, 0.6) is 0 Å². The summed E-state index contributed by atoms with van der Waals surface area (Å²) in [5.74, 6) is 0.307. The molecule has 180 valence electrons. The minimum absolute atomic E-state index is 0.192. The Morgan fingerprint density at radius 3 is 2.72 bits per heavy atom. The van der Waals surface area contributed by atoms with E-state index in [1.807, 2.05) is 24.3 Å². The first-order chi connectivity index (χ1) is 17.4. The van der Waals surface area contributed by atoms with Crippen molar-refractivity contribution in [1.29, 1.82) is 5.26 Å². The molecule has 0 saturated heterocycles. The number of benzene rings is 2. The Bertz CT molecular complexity index is 1520. The highest BCUT2D eigenvalue weighted by atomic mass is 35.5. The Hall–Kier alpha value is -4.28. The second-order valence-corrected chi connectivity index (χ2v) is 8.77. The predicted molar refractivity (Wildman–Crippen MR) is 142 cm³/mol. The maximum atomic E-state index is 12.9. The number of hydrogen-bond acceptors (Lipinski definition) is 5. The number of nitrogens with one attached hydrogen (secondary N) is 1. The van der Waals surface area contributed by atoms with Crippen molar-refractivity contribution in [3.05, 3.63) is 105 Å². The van der Waals surface area contributed by atoms with E-state index >= 15 is 0 Å². The molecule has 0 unspecified atom stereocenters. The lowest BCUT2D eigenvalue weighted by atomic mass is 10.0. The SMILES string of the molecule is CCc1cc(CNC(=O)c2ccnc(Cc3cc(C#N)c4ncc(Cl)cc4c3)c2)ccc1C(N)=NC.